The van der Waals surface area contributed by atoms with Crippen LogP contribution in [0.15, 0.2) is 106 Å². The van der Waals surface area contributed by atoms with Gasteiger partial charge in [0.2, 0.25) is 0 Å². The van der Waals surface area contributed by atoms with E-state index in [2.05, 4.69) is 42.5 Å². The average molecular weight is 427 g/mol. The second kappa shape index (κ2) is 7.12. The SMILES string of the molecule is O=c1oc(-c2cccc3ccccc23)c([Se]c2ccccc2)c2ccccc12. The Morgan fingerprint density at radius 2 is 1.25 bits per heavy atom. The third-order valence-electron chi connectivity index (χ3n) is 4.79. The first-order valence-corrected chi connectivity index (χ1v) is 10.8. The van der Waals surface area contributed by atoms with Gasteiger partial charge in [-0.1, -0.05) is 0 Å². The summed E-state index contributed by atoms with van der Waals surface area (Å²) in [6.07, 6.45) is 0. The molecule has 0 aliphatic carbocycles. The van der Waals surface area contributed by atoms with Crippen LogP contribution in [-0.4, -0.2) is 15.0 Å². The Morgan fingerprint density at radius 3 is 2.07 bits per heavy atom. The monoisotopic (exact) mass is 428 g/mol. The van der Waals surface area contributed by atoms with Crippen molar-refractivity contribution in [3.05, 3.63) is 107 Å². The van der Waals surface area contributed by atoms with Gasteiger partial charge in [-0.05, 0) is 0 Å². The number of rotatable bonds is 3. The van der Waals surface area contributed by atoms with E-state index in [1.165, 1.54) is 4.46 Å². The summed E-state index contributed by atoms with van der Waals surface area (Å²) in [6, 6.07) is 32.5. The van der Waals surface area contributed by atoms with Crippen molar-refractivity contribution >= 4 is 45.4 Å². The predicted octanol–water partition coefficient (Wildman–Crippen LogP) is 4.27. The van der Waals surface area contributed by atoms with Crippen molar-refractivity contribution in [2.75, 3.05) is 0 Å². The zero-order valence-corrected chi connectivity index (χ0v) is 16.7. The summed E-state index contributed by atoms with van der Waals surface area (Å²) >= 11 is 0.00431. The summed E-state index contributed by atoms with van der Waals surface area (Å²) in [7, 11) is 0. The molecular formula is C25H16O2Se. The van der Waals surface area contributed by atoms with Crippen molar-refractivity contribution in [3.8, 4) is 11.3 Å². The maximum absolute atomic E-state index is 12.8. The van der Waals surface area contributed by atoms with Crippen molar-refractivity contribution in [1.29, 1.82) is 0 Å². The summed E-state index contributed by atoms with van der Waals surface area (Å²) in [6.45, 7) is 0. The summed E-state index contributed by atoms with van der Waals surface area (Å²) in [5.74, 6) is 0.685. The fraction of sp³-hybridized carbons (Fsp3) is 0. The van der Waals surface area contributed by atoms with Gasteiger partial charge in [0, 0.05) is 0 Å². The van der Waals surface area contributed by atoms with E-state index in [1.807, 2.05) is 54.6 Å². The standard InChI is InChI=1S/C25H16O2Se/c26-25-22-15-7-6-14-21(22)24(28-18-11-2-1-3-12-18)23(27-25)20-16-8-10-17-9-4-5-13-19(17)20/h1-16H. The van der Waals surface area contributed by atoms with Crippen molar-refractivity contribution in [2.45, 2.75) is 0 Å². The van der Waals surface area contributed by atoms with Gasteiger partial charge in [-0.25, -0.2) is 0 Å². The number of benzene rings is 4. The Bertz CT molecular complexity index is 1350. The first-order chi connectivity index (χ1) is 13.8. The summed E-state index contributed by atoms with van der Waals surface area (Å²) < 4.78 is 8.30. The maximum atomic E-state index is 12.8. The minimum absolute atomic E-state index is 0.00431. The molecule has 0 radical (unpaired) electrons. The van der Waals surface area contributed by atoms with Crippen molar-refractivity contribution in [3.63, 3.8) is 0 Å². The van der Waals surface area contributed by atoms with Gasteiger partial charge in [0.05, 0.1) is 0 Å². The molecule has 0 spiro atoms. The van der Waals surface area contributed by atoms with Crippen LogP contribution in [0.25, 0.3) is 32.9 Å². The molecular weight excluding hydrogens is 411 g/mol. The molecule has 1 heterocycles. The molecule has 0 aliphatic rings. The number of hydrogen-bond acceptors (Lipinski definition) is 2. The number of fused-ring (bicyclic) bond motifs is 2. The van der Waals surface area contributed by atoms with Crippen molar-refractivity contribution in [2.24, 2.45) is 0 Å². The Kier molecular flexibility index (Phi) is 4.32. The van der Waals surface area contributed by atoms with Gasteiger partial charge in [0.1, 0.15) is 0 Å². The summed E-state index contributed by atoms with van der Waals surface area (Å²) in [5.41, 5.74) is 0.680. The molecule has 28 heavy (non-hydrogen) atoms. The average Bonchev–Trinajstić information content (AvgIpc) is 2.76. The van der Waals surface area contributed by atoms with Crippen LogP contribution >= 0.6 is 0 Å². The molecule has 0 saturated carbocycles. The van der Waals surface area contributed by atoms with Gasteiger partial charge in [0.15, 0.2) is 0 Å². The third kappa shape index (κ3) is 2.95. The van der Waals surface area contributed by atoms with Crippen LogP contribution in [0.2, 0.25) is 0 Å². The molecule has 0 bridgehead atoms. The topological polar surface area (TPSA) is 30.2 Å². The van der Waals surface area contributed by atoms with Crippen LogP contribution in [-0.2, 0) is 0 Å². The molecule has 0 amide bonds. The first-order valence-electron chi connectivity index (χ1n) is 9.08. The second-order valence-corrected chi connectivity index (χ2v) is 8.81. The van der Waals surface area contributed by atoms with E-state index < -0.39 is 0 Å². The van der Waals surface area contributed by atoms with Crippen LogP contribution in [0, 0.1) is 0 Å². The molecule has 0 saturated heterocycles. The molecule has 0 aliphatic heterocycles. The number of hydrogen-bond donors (Lipinski definition) is 0. The van der Waals surface area contributed by atoms with E-state index in [0.717, 1.165) is 26.2 Å². The van der Waals surface area contributed by atoms with Gasteiger partial charge in [-0.3, -0.25) is 0 Å². The second-order valence-electron chi connectivity index (χ2n) is 6.54. The quantitative estimate of drug-likeness (QED) is 0.403. The van der Waals surface area contributed by atoms with E-state index in [4.69, 9.17) is 4.42 Å². The van der Waals surface area contributed by atoms with Crippen LogP contribution in [0.5, 0.6) is 0 Å². The molecule has 4 aromatic carbocycles. The van der Waals surface area contributed by atoms with Crippen molar-refractivity contribution in [1.82, 2.24) is 0 Å². The van der Waals surface area contributed by atoms with Crippen LogP contribution in [0.1, 0.15) is 0 Å². The summed E-state index contributed by atoms with van der Waals surface area (Å²) in [4.78, 5) is 12.8. The van der Waals surface area contributed by atoms with E-state index in [9.17, 15) is 4.79 Å². The van der Waals surface area contributed by atoms with Crippen molar-refractivity contribution < 1.29 is 4.42 Å². The van der Waals surface area contributed by atoms with E-state index in [1.54, 1.807) is 0 Å². The van der Waals surface area contributed by atoms with E-state index >= 15 is 0 Å². The molecule has 5 rings (SSSR count). The molecule has 0 unspecified atom stereocenters. The minimum atomic E-state index is -0.286. The van der Waals surface area contributed by atoms with Gasteiger partial charge in [-0.15, -0.1) is 0 Å². The Labute approximate surface area is 168 Å². The first kappa shape index (κ1) is 17.0. The molecule has 3 heteroatoms. The third-order valence-corrected chi connectivity index (χ3v) is 7.13. The van der Waals surface area contributed by atoms with E-state index in [-0.39, 0.29) is 20.6 Å². The van der Waals surface area contributed by atoms with E-state index in [0.29, 0.717) is 11.1 Å². The fourth-order valence-electron chi connectivity index (χ4n) is 3.48. The molecule has 2 nitrogen and oxygen atoms in total. The Balaban J connectivity index is 1.85. The summed E-state index contributed by atoms with van der Waals surface area (Å²) in [5, 5.41) is 3.84. The normalized spacial score (nSPS) is 11.1. The van der Waals surface area contributed by atoms with Gasteiger partial charge >= 0.3 is 169 Å². The molecule has 5 aromatic rings. The molecule has 0 fully saturated rings. The molecule has 134 valence electrons. The molecule has 1 aromatic heterocycles. The zero-order chi connectivity index (χ0) is 18.9. The van der Waals surface area contributed by atoms with Gasteiger partial charge in [-0.2, -0.15) is 0 Å². The predicted molar refractivity (Wildman–Crippen MR) is 117 cm³/mol. The Morgan fingerprint density at radius 1 is 0.607 bits per heavy atom. The fourth-order valence-corrected chi connectivity index (χ4v) is 5.71. The zero-order valence-electron chi connectivity index (χ0n) is 15.0. The van der Waals surface area contributed by atoms with Gasteiger partial charge in [0.25, 0.3) is 0 Å². The van der Waals surface area contributed by atoms with Crippen LogP contribution in [0.3, 0.4) is 0 Å². The van der Waals surface area contributed by atoms with Gasteiger partial charge < -0.3 is 0 Å². The Hall–Kier alpha value is -3.13. The molecule has 0 N–H and O–H groups in total. The van der Waals surface area contributed by atoms with Crippen LogP contribution in [0.4, 0.5) is 0 Å². The molecule has 0 atom stereocenters. The van der Waals surface area contributed by atoms with Crippen LogP contribution < -0.4 is 14.5 Å².